The van der Waals surface area contributed by atoms with E-state index in [2.05, 4.69) is 0 Å². The monoisotopic (exact) mass is 293 g/mol. The largest absolute Gasteiger partial charge is 0.419 e. The molecule has 0 aliphatic rings. The van der Waals surface area contributed by atoms with E-state index in [1.165, 1.54) is 6.07 Å². The van der Waals surface area contributed by atoms with Gasteiger partial charge in [0, 0.05) is 5.56 Å². The van der Waals surface area contributed by atoms with Crippen LogP contribution in [-0.4, -0.2) is 11.2 Å². The molecule has 0 aliphatic carbocycles. The van der Waals surface area contributed by atoms with Gasteiger partial charge in [-0.15, -0.1) is 0 Å². The summed E-state index contributed by atoms with van der Waals surface area (Å²) in [5.41, 5.74) is 4.01. The molecule has 114 valence electrons. The summed E-state index contributed by atoms with van der Waals surface area (Å²) >= 11 is 0. The number of nitrogens with two attached hydrogens (primary N) is 1. The van der Waals surface area contributed by atoms with Crippen LogP contribution in [0.15, 0.2) is 18.2 Å². The van der Waals surface area contributed by atoms with Gasteiger partial charge in [0.1, 0.15) is 5.82 Å². The van der Waals surface area contributed by atoms with Gasteiger partial charge in [-0.1, -0.05) is 26.0 Å². The third kappa shape index (κ3) is 4.18. The molecule has 2 nitrogen and oxygen atoms in total. The van der Waals surface area contributed by atoms with E-state index < -0.39 is 29.7 Å². The lowest BCUT2D eigenvalue weighted by Gasteiger charge is -2.21. The topological polar surface area (TPSA) is 46.2 Å². The molecular weight excluding hydrogens is 274 g/mol. The minimum Gasteiger partial charge on any atom is -0.391 e. The zero-order valence-corrected chi connectivity index (χ0v) is 11.4. The van der Waals surface area contributed by atoms with Crippen molar-refractivity contribution in [3.8, 4) is 0 Å². The van der Waals surface area contributed by atoms with Crippen LogP contribution in [0, 0.1) is 11.7 Å². The van der Waals surface area contributed by atoms with Gasteiger partial charge < -0.3 is 10.8 Å². The average Bonchev–Trinajstić information content (AvgIpc) is 2.33. The van der Waals surface area contributed by atoms with E-state index >= 15 is 0 Å². The van der Waals surface area contributed by atoms with Crippen LogP contribution >= 0.6 is 0 Å². The van der Waals surface area contributed by atoms with Gasteiger partial charge in [-0.2, -0.15) is 13.2 Å². The zero-order valence-electron chi connectivity index (χ0n) is 11.4. The zero-order chi connectivity index (χ0) is 15.5. The van der Waals surface area contributed by atoms with Crippen LogP contribution < -0.4 is 5.73 Å². The van der Waals surface area contributed by atoms with Crippen LogP contribution in [0.4, 0.5) is 17.6 Å². The number of hydrogen-bond acceptors (Lipinski definition) is 2. The summed E-state index contributed by atoms with van der Waals surface area (Å²) in [6.07, 6.45) is -4.87. The highest BCUT2D eigenvalue weighted by atomic mass is 19.4. The second-order valence-electron chi connectivity index (χ2n) is 5.27. The van der Waals surface area contributed by atoms with Gasteiger partial charge in [-0.25, -0.2) is 4.39 Å². The number of rotatable bonds is 5. The first kappa shape index (κ1) is 16.9. The van der Waals surface area contributed by atoms with Crippen LogP contribution in [0.5, 0.6) is 0 Å². The SMILES string of the molecule is CC(C)CC[C@H](O)[C@H](N)c1cccc(C(F)(F)F)c1F. The maximum absolute atomic E-state index is 13.9. The van der Waals surface area contributed by atoms with Crippen molar-refractivity contribution in [1.82, 2.24) is 0 Å². The van der Waals surface area contributed by atoms with Crippen molar-refractivity contribution < 1.29 is 22.7 Å². The number of halogens is 4. The van der Waals surface area contributed by atoms with Crippen molar-refractivity contribution in [2.75, 3.05) is 0 Å². The van der Waals surface area contributed by atoms with Crippen LogP contribution in [0.3, 0.4) is 0 Å². The second-order valence-corrected chi connectivity index (χ2v) is 5.27. The highest BCUT2D eigenvalue weighted by Gasteiger charge is 2.36. The maximum atomic E-state index is 13.9. The average molecular weight is 293 g/mol. The van der Waals surface area contributed by atoms with Gasteiger partial charge in [0.15, 0.2) is 0 Å². The Hall–Kier alpha value is -1.14. The molecule has 0 heterocycles. The summed E-state index contributed by atoms with van der Waals surface area (Å²) in [5, 5.41) is 9.87. The highest BCUT2D eigenvalue weighted by Crippen LogP contribution is 2.34. The predicted octanol–water partition coefficient (Wildman–Crippen LogP) is 3.64. The Bertz CT molecular complexity index is 445. The first-order valence-corrected chi connectivity index (χ1v) is 6.43. The van der Waals surface area contributed by atoms with Gasteiger partial charge in [-0.3, -0.25) is 0 Å². The lowest BCUT2D eigenvalue weighted by Crippen LogP contribution is -2.28. The summed E-state index contributed by atoms with van der Waals surface area (Å²) in [6, 6.07) is 1.76. The minimum atomic E-state index is -4.78. The molecule has 0 radical (unpaired) electrons. The van der Waals surface area contributed by atoms with E-state index in [1.54, 1.807) is 0 Å². The molecule has 0 saturated carbocycles. The fourth-order valence-corrected chi connectivity index (χ4v) is 1.92. The Morgan fingerprint density at radius 3 is 2.30 bits per heavy atom. The van der Waals surface area contributed by atoms with Gasteiger partial charge in [0.05, 0.1) is 17.7 Å². The summed E-state index contributed by atoms with van der Waals surface area (Å²) < 4.78 is 51.7. The fraction of sp³-hybridized carbons (Fsp3) is 0.571. The lowest BCUT2D eigenvalue weighted by molar-refractivity contribution is -0.140. The molecule has 20 heavy (non-hydrogen) atoms. The molecule has 1 aromatic rings. The third-order valence-corrected chi connectivity index (χ3v) is 3.15. The van der Waals surface area contributed by atoms with E-state index in [0.717, 1.165) is 6.07 Å². The highest BCUT2D eigenvalue weighted by molar-refractivity contribution is 5.30. The standard InChI is InChI=1S/C14H19F4NO/c1-8(2)6-7-11(20)13(19)9-4-3-5-10(12(9)15)14(16,17)18/h3-5,8,11,13,20H,6-7,19H2,1-2H3/t11-,13+/m0/s1. The molecule has 0 aliphatic heterocycles. The van der Waals surface area contributed by atoms with Crippen molar-refractivity contribution in [3.05, 3.63) is 35.1 Å². The summed E-state index contributed by atoms with van der Waals surface area (Å²) in [5.74, 6) is -1.08. The van der Waals surface area contributed by atoms with Gasteiger partial charge in [0.2, 0.25) is 0 Å². The molecular formula is C14H19F4NO. The number of aliphatic hydroxyl groups is 1. The first-order chi connectivity index (χ1) is 9.14. The van der Waals surface area contributed by atoms with E-state index in [-0.39, 0.29) is 5.56 Å². The predicted molar refractivity (Wildman–Crippen MR) is 68.4 cm³/mol. The molecule has 0 aromatic heterocycles. The Balaban J connectivity index is 2.96. The summed E-state index contributed by atoms with van der Waals surface area (Å²) in [6.45, 7) is 3.90. The minimum absolute atomic E-state index is 0.309. The lowest BCUT2D eigenvalue weighted by atomic mass is 9.94. The number of benzene rings is 1. The van der Waals surface area contributed by atoms with Gasteiger partial charge in [-0.05, 0) is 24.8 Å². The van der Waals surface area contributed by atoms with E-state index in [1.807, 2.05) is 13.8 Å². The first-order valence-electron chi connectivity index (χ1n) is 6.43. The quantitative estimate of drug-likeness (QED) is 0.814. The van der Waals surface area contributed by atoms with Crippen molar-refractivity contribution >= 4 is 0 Å². The molecule has 0 saturated heterocycles. The van der Waals surface area contributed by atoms with Gasteiger partial charge >= 0.3 is 6.18 Å². The van der Waals surface area contributed by atoms with Crippen LogP contribution in [0.1, 0.15) is 43.9 Å². The third-order valence-electron chi connectivity index (χ3n) is 3.15. The Kier molecular flexibility index (Phi) is 5.53. The Morgan fingerprint density at radius 2 is 1.80 bits per heavy atom. The molecule has 0 fully saturated rings. The van der Waals surface area contributed by atoms with Gasteiger partial charge in [0.25, 0.3) is 0 Å². The molecule has 2 atom stereocenters. The molecule has 0 bridgehead atoms. The number of hydrogen-bond donors (Lipinski definition) is 2. The second kappa shape index (κ2) is 6.54. The summed E-state index contributed by atoms with van der Waals surface area (Å²) in [7, 11) is 0. The fourth-order valence-electron chi connectivity index (χ4n) is 1.92. The summed E-state index contributed by atoms with van der Waals surface area (Å²) in [4.78, 5) is 0. The Morgan fingerprint density at radius 1 is 1.20 bits per heavy atom. The molecule has 6 heteroatoms. The normalized spacial score (nSPS) is 15.4. The van der Waals surface area contributed by atoms with E-state index in [0.29, 0.717) is 24.8 Å². The molecule has 1 aromatic carbocycles. The van der Waals surface area contributed by atoms with Crippen LogP contribution in [-0.2, 0) is 6.18 Å². The van der Waals surface area contributed by atoms with E-state index in [9.17, 15) is 22.7 Å². The molecule has 0 amide bonds. The van der Waals surface area contributed by atoms with Crippen LogP contribution in [0.25, 0.3) is 0 Å². The molecule has 0 spiro atoms. The number of aliphatic hydroxyl groups excluding tert-OH is 1. The van der Waals surface area contributed by atoms with E-state index in [4.69, 9.17) is 5.73 Å². The van der Waals surface area contributed by atoms with Crippen molar-refractivity contribution in [2.24, 2.45) is 11.7 Å². The van der Waals surface area contributed by atoms with Crippen molar-refractivity contribution in [1.29, 1.82) is 0 Å². The molecule has 0 unspecified atom stereocenters. The van der Waals surface area contributed by atoms with Crippen molar-refractivity contribution in [2.45, 2.75) is 45.0 Å². The van der Waals surface area contributed by atoms with Crippen LogP contribution in [0.2, 0.25) is 0 Å². The molecule has 1 rings (SSSR count). The maximum Gasteiger partial charge on any atom is 0.419 e. The van der Waals surface area contributed by atoms with Crippen molar-refractivity contribution in [3.63, 3.8) is 0 Å². The molecule has 3 N–H and O–H groups in total. The Labute approximate surface area is 115 Å². The number of alkyl halides is 3. The smallest absolute Gasteiger partial charge is 0.391 e.